The first-order chi connectivity index (χ1) is 14.0. The average Bonchev–Trinajstić information content (AvgIpc) is 3.35. The number of anilines is 1. The second-order valence-electron chi connectivity index (χ2n) is 6.93. The standard InChI is InChI=1S/C20H18N5O4/c21-10-13-3-1-4-14(7-13)11-24-12-17(26)9-18(24)20-22-19(23-29-20)15-5-2-6-16(8-15)25(27)28/h1-8,17-18,26-27H,9,11-12H2/q-1/t17-,18+/m1/s1. The molecule has 0 bridgehead atoms. The topological polar surface area (TPSA) is 133 Å². The van der Waals surface area contributed by atoms with Crippen LogP contribution in [0.15, 0.2) is 53.1 Å². The number of β-amino-alcohol motifs (C(OH)–C–C–N with tert-alkyl or cyclic N) is 1. The summed E-state index contributed by atoms with van der Waals surface area (Å²) in [4.78, 5) is 6.47. The summed E-state index contributed by atoms with van der Waals surface area (Å²) < 4.78 is 5.44. The third-order valence-corrected chi connectivity index (χ3v) is 4.88. The van der Waals surface area contributed by atoms with Gasteiger partial charge in [-0.15, -0.1) is 0 Å². The first-order valence-electron chi connectivity index (χ1n) is 9.05. The van der Waals surface area contributed by atoms with Crippen LogP contribution in [0.1, 0.15) is 29.5 Å². The average molecular weight is 392 g/mol. The largest absolute Gasteiger partial charge is 0.733 e. The van der Waals surface area contributed by atoms with E-state index >= 15 is 0 Å². The molecule has 1 saturated heterocycles. The van der Waals surface area contributed by atoms with Gasteiger partial charge in [0.1, 0.15) is 0 Å². The molecule has 2 heterocycles. The maximum Gasteiger partial charge on any atom is 0.244 e. The molecule has 0 amide bonds. The quantitative estimate of drug-likeness (QED) is 0.629. The van der Waals surface area contributed by atoms with Crippen molar-refractivity contribution in [2.24, 2.45) is 0 Å². The second-order valence-corrected chi connectivity index (χ2v) is 6.93. The molecule has 0 saturated carbocycles. The Bertz CT molecular complexity index is 1050. The molecule has 1 aliphatic heterocycles. The van der Waals surface area contributed by atoms with Crippen LogP contribution in [0.3, 0.4) is 0 Å². The molecule has 0 unspecified atom stereocenters. The van der Waals surface area contributed by atoms with E-state index in [1.165, 1.54) is 12.1 Å². The van der Waals surface area contributed by atoms with Crippen LogP contribution in [0.2, 0.25) is 0 Å². The van der Waals surface area contributed by atoms with Gasteiger partial charge < -0.3 is 20.1 Å². The van der Waals surface area contributed by atoms with Crippen molar-refractivity contribution in [1.82, 2.24) is 15.0 Å². The van der Waals surface area contributed by atoms with Gasteiger partial charge >= 0.3 is 0 Å². The van der Waals surface area contributed by atoms with E-state index < -0.39 is 6.10 Å². The summed E-state index contributed by atoms with van der Waals surface area (Å²) in [6.07, 6.45) is -0.0776. The zero-order chi connectivity index (χ0) is 20.4. The fourth-order valence-electron chi connectivity index (χ4n) is 3.54. The van der Waals surface area contributed by atoms with Gasteiger partial charge in [-0.25, -0.2) is 0 Å². The summed E-state index contributed by atoms with van der Waals surface area (Å²) in [6.45, 7) is 0.977. The van der Waals surface area contributed by atoms with Gasteiger partial charge in [0.05, 0.1) is 29.5 Å². The van der Waals surface area contributed by atoms with Gasteiger partial charge in [-0.05, 0) is 36.2 Å². The van der Waals surface area contributed by atoms with Gasteiger partial charge in [-0.1, -0.05) is 29.4 Å². The van der Waals surface area contributed by atoms with Crippen molar-refractivity contribution < 1.29 is 14.8 Å². The molecule has 29 heavy (non-hydrogen) atoms. The lowest BCUT2D eigenvalue weighted by Crippen LogP contribution is -2.24. The molecule has 0 aliphatic carbocycles. The Labute approximate surface area is 166 Å². The van der Waals surface area contributed by atoms with Crippen LogP contribution in [-0.2, 0) is 6.54 Å². The second kappa shape index (κ2) is 7.98. The number of aliphatic hydroxyl groups is 1. The lowest BCUT2D eigenvalue weighted by atomic mass is 10.1. The summed E-state index contributed by atoms with van der Waals surface area (Å²) in [5, 5.41) is 43.2. The highest BCUT2D eigenvalue weighted by Crippen LogP contribution is 2.34. The summed E-state index contributed by atoms with van der Waals surface area (Å²) in [6, 6.07) is 15.4. The molecule has 1 aromatic heterocycles. The van der Waals surface area contributed by atoms with Crippen molar-refractivity contribution in [3.8, 4) is 17.5 Å². The maximum absolute atomic E-state index is 11.1. The van der Waals surface area contributed by atoms with Crippen LogP contribution in [0, 0.1) is 16.5 Å². The summed E-state index contributed by atoms with van der Waals surface area (Å²) >= 11 is 0. The minimum Gasteiger partial charge on any atom is -0.733 e. The Balaban J connectivity index is 1.57. The number of benzene rings is 2. The number of aromatic nitrogens is 2. The minimum absolute atomic E-state index is 0.0594. The molecule has 0 spiro atoms. The van der Waals surface area contributed by atoms with Crippen molar-refractivity contribution in [2.45, 2.75) is 25.1 Å². The smallest absolute Gasteiger partial charge is 0.244 e. The Kier molecular flexibility index (Phi) is 5.24. The summed E-state index contributed by atoms with van der Waals surface area (Å²) in [7, 11) is 0. The number of nitriles is 1. The van der Waals surface area contributed by atoms with Gasteiger partial charge in [-0.2, -0.15) is 10.2 Å². The third kappa shape index (κ3) is 4.11. The predicted octanol–water partition coefficient (Wildman–Crippen LogP) is 2.61. The van der Waals surface area contributed by atoms with Crippen LogP contribution in [0.4, 0.5) is 5.69 Å². The lowest BCUT2D eigenvalue weighted by molar-refractivity contribution is 0.169. The van der Waals surface area contributed by atoms with E-state index in [0.717, 1.165) is 5.56 Å². The molecular weight excluding hydrogens is 374 g/mol. The number of nitrogens with zero attached hydrogens (tertiary/aromatic N) is 5. The fourth-order valence-corrected chi connectivity index (χ4v) is 3.54. The van der Waals surface area contributed by atoms with Gasteiger partial charge in [0.25, 0.3) is 0 Å². The fraction of sp³-hybridized carbons (Fsp3) is 0.250. The highest BCUT2D eigenvalue weighted by Gasteiger charge is 2.36. The molecule has 9 nitrogen and oxygen atoms in total. The van der Waals surface area contributed by atoms with Crippen LogP contribution in [0.25, 0.3) is 11.4 Å². The van der Waals surface area contributed by atoms with Crippen molar-refractivity contribution in [3.05, 3.63) is 70.8 Å². The lowest BCUT2D eigenvalue weighted by Gasteiger charge is -2.21. The Hall–Kier alpha value is -3.29. The predicted molar refractivity (Wildman–Crippen MR) is 102 cm³/mol. The third-order valence-electron chi connectivity index (χ3n) is 4.88. The first kappa shape index (κ1) is 19.0. The maximum atomic E-state index is 11.1. The van der Waals surface area contributed by atoms with Gasteiger partial charge in [-0.3, -0.25) is 10.1 Å². The molecule has 2 atom stereocenters. The molecule has 9 heteroatoms. The molecule has 148 valence electrons. The van der Waals surface area contributed by atoms with Crippen molar-refractivity contribution in [2.75, 3.05) is 11.8 Å². The van der Waals surface area contributed by atoms with Crippen molar-refractivity contribution in [1.29, 1.82) is 5.26 Å². The van der Waals surface area contributed by atoms with E-state index in [-0.39, 0.29) is 22.8 Å². The van der Waals surface area contributed by atoms with E-state index in [2.05, 4.69) is 16.2 Å². The normalized spacial score (nSPS) is 19.2. The molecule has 3 aromatic rings. The molecule has 1 aliphatic rings. The summed E-state index contributed by atoms with van der Waals surface area (Å²) in [5.41, 5.74) is 2.12. The van der Waals surface area contributed by atoms with Crippen LogP contribution >= 0.6 is 0 Å². The van der Waals surface area contributed by atoms with Crippen LogP contribution < -0.4 is 5.23 Å². The van der Waals surface area contributed by atoms with Crippen LogP contribution in [0.5, 0.6) is 0 Å². The van der Waals surface area contributed by atoms with Crippen molar-refractivity contribution in [3.63, 3.8) is 0 Å². The highest BCUT2D eigenvalue weighted by molar-refractivity contribution is 5.62. The van der Waals surface area contributed by atoms with E-state index in [1.807, 2.05) is 23.1 Å². The van der Waals surface area contributed by atoms with Crippen molar-refractivity contribution >= 4 is 5.69 Å². The Morgan fingerprint density at radius 3 is 2.90 bits per heavy atom. The van der Waals surface area contributed by atoms with Gasteiger partial charge in [0, 0.05) is 18.7 Å². The molecule has 2 aromatic carbocycles. The van der Waals surface area contributed by atoms with Gasteiger partial charge in [0.15, 0.2) is 0 Å². The van der Waals surface area contributed by atoms with E-state index in [0.29, 0.717) is 36.5 Å². The molecule has 1 fully saturated rings. The Morgan fingerprint density at radius 2 is 2.10 bits per heavy atom. The van der Waals surface area contributed by atoms with E-state index in [1.54, 1.807) is 18.2 Å². The number of aliphatic hydroxyl groups excluding tert-OH is 1. The highest BCUT2D eigenvalue weighted by atomic mass is 16.8. The summed E-state index contributed by atoms with van der Waals surface area (Å²) in [5.74, 6) is 0.651. The van der Waals surface area contributed by atoms with E-state index in [9.17, 15) is 10.3 Å². The molecular formula is C20H18N5O4-. The number of hydrogen-bond acceptors (Lipinski definition) is 9. The Morgan fingerprint density at radius 1 is 1.28 bits per heavy atom. The minimum atomic E-state index is -0.527. The molecule has 0 radical (unpaired) electrons. The molecule has 2 N–H and O–H groups in total. The van der Waals surface area contributed by atoms with E-state index in [4.69, 9.17) is 15.0 Å². The van der Waals surface area contributed by atoms with Crippen LogP contribution in [-0.4, -0.2) is 38.0 Å². The molecule has 4 rings (SSSR count). The SMILES string of the molecule is N#Cc1cccc(CN2C[C@H](O)C[C@H]2c2nc(-c3cccc(N([O-])O)c3)no2)c1. The zero-order valence-corrected chi connectivity index (χ0v) is 15.3. The number of hydrogen-bond donors (Lipinski definition) is 2. The number of rotatable bonds is 5. The number of likely N-dealkylation sites (tertiary alicyclic amines) is 1. The monoisotopic (exact) mass is 392 g/mol. The zero-order valence-electron chi connectivity index (χ0n) is 15.3. The van der Waals surface area contributed by atoms with Gasteiger partial charge in [0.2, 0.25) is 11.7 Å². The first-order valence-corrected chi connectivity index (χ1v) is 9.05.